The number of carbonyl (C=O) groups excluding carboxylic acids is 3. The lowest BCUT2D eigenvalue weighted by Gasteiger charge is -2.21. The van der Waals surface area contributed by atoms with Crippen molar-refractivity contribution < 1.29 is 23.9 Å². The summed E-state index contributed by atoms with van der Waals surface area (Å²) >= 11 is 2.32. The van der Waals surface area contributed by atoms with Crippen molar-refractivity contribution in [1.82, 2.24) is 14.3 Å². The Labute approximate surface area is 168 Å². The van der Waals surface area contributed by atoms with Crippen LogP contribution < -0.4 is 5.56 Å². The van der Waals surface area contributed by atoms with Gasteiger partial charge in [-0.05, 0) is 30.8 Å². The Balaban J connectivity index is 1.91. The third kappa shape index (κ3) is 3.85. The van der Waals surface area contributed by atoms with Crippen LogP contribution in [-0.4, -0.2) is 62.9 Å². The van der Waals surface area contributed by atoms with E-state index in [1.165, 1.54) is 34.4 Å². The maximum atomic E-state index is 12.7. The zero-order valence-electron chi connectivity index (χ0n) is 15.1. The molecule has 0 aromatic carbocycles. The third-order valence-corrected chi connectivity index (χ3v) is 5.94. The van der Waals surface area contributed by atoms with E-state index in [-0.39, 0.29) is 23.1 Å². The van der Waals surface area contributed by atoms with Gasteiger partial charge in [-0.15, -0.1) is 11.8 Å². The monoisotopic (exact) mass is 423 g/mol. The van der Waals surface area contributed by atoms with Crippen molar-refractivity contribution in [3.8, 4) is 0 Å². The highest BCUT2D eigenvalue weighted by Crippen LogP contribution is 2.30. The lowest BCUT2D eigenvalue weighted by Crippen LogP contribution is -2.40. The Kier molecular flexibility index (Phi) is 6.25. The number of methoxy groups -OCH3 is 1. The number of pyridine rings is 1. The number of aromatic nitrogens is 2. The lowest BCUT2D eigenvalue weighted by molar-refractivity contribution is -0.144. The SMILES string of the molecule is CCOC(=O)c1cnc2c(SC(=O)N3CSCC3C(=O)OC)cccn2c1=O. The number of esters is 2. The van der Waals surface area contributed by atoms with Gasteiger partial charge in [0.2, 0.25) is 0 Å². The predicted octanol–water partition coefficient (Wildman–Crippen LogP) is 1.63. The quantitative estimate of drug-likeness (QED) is 0.535. The second-order valence-corrected chi connectivity index (χ2v) is 7.63. The summed E-state index contributed by atoms with van der Waals surface area (Å²) in [4.78, 5) is 55.1. The molecule has 1 aliphatic heterocycles. The van der Waals surface area contributed by atoms with Crippen molar-refractivity contribution in [1.29, 1.82) is 0 Å². The number of thioether (sulfide) groups is 2. The molecule has 0 saturated carbocycles. The van der Waals surface area contributed by atoms with Gasteiger partial charge in [0.05, 0.1) is 24.5 Å². The Morgan fingerprint density at radius 1 is 1.39 bits per heavy atom. The second kappa shape index (κ2) is 8.65. The molecular formula is C17H17N3O6S2. The third-order valence-electron chi connectivity index (χ3n) is 3.98. The first kappa shape index (κ1) is 20.2. The van der Waals surface area contributed by atoms with Gasteiger partial charge >= 0.3 is 11.9 Å². The minimum atomic E-state index is -0.751. The highest BCUT2D eigenvalue weighted by Gasteiger charge is 2.36. The molecule has 148 valence electrons. The second-order valence-electron chi connectivity index (χ2n) is 5.64. The van der Waals surface area contributed by atoms with Crippen LogP contribution in [0.15, 0.2) is 34.2 Å². The van der Waals surface area contributed by atoms with Crippen LogP contribution in [0.5, 0.6) is 0 Å². The first-order valence-corrected chi connectivity index (χ1v) is 10.3. The average molecular weight is 423 g/mol. The summed E-state index contributed by atoms with van der Waals surface area (Å²) in [5.41, 5.74) is -0.530. The van der Waals surface area contributed by atoms with Crippen LogP contribution in [0.4, 0.5) is 4.79 Å². The van der Waals surface area contributed by atoms with Crippen molar-refractivity contribution >= 4 is 46.3 Å². The van der Waals surface area contributed by atoms with E-state index in [0.717, 1.165) is 18.0 Å². The van der Waals surface area contributed by atoms with Crippen LogP contribution in [-0.2, 0) is 14.3 Å². The van der Waals surface area contributed by atoms with Gasteiger partial charge in [0.25, 0.3) is 10.8 Å². The molecule has 1 atom stereocenters. The topological polar surface area (TPSA) is 107 Å². The average Bonchev–Trinajstić information content (AvgIpc) is 3.18. The van der Waals surface area contributed by atoms with Crippen molar-refractivity contribution in [3.63, 3.8) is 0 Å². The van der Waals surface area contributed by atoms with Crippen molar-refractivity contribution in [2.24, 2.45) is 0 Å². The molecule has 1 unspecified atom stereocenters. The Hall–Kier alpha value is -2.53. The smallest absolute Gasteiger partial charge is 0.345 e. The highest BCUT2D eigenvalue weighted by molar-refractivity contribution is 8.13. The summed E-state index contributed by atoms with van der Waals surface area (Å²) in [6, 6.07) is 2.58. The minimum Gasteiger partial charge on any atom is -0.467 e. The van der Waals surface area contributed by atoms with E-state index >= 15 is 0 Å². The number of nitrogens with zero attached hydrogens (tertiary/aromatic N) is 3. The Bertz CT molecular complexity index is 993. The van der Waals surface area contributed by atoms with E-state index in [4.69, 9.17) is 9.47 Å². The molecule has 3 rings (SSSR count). The Morgan fingerprint density at radius 2 is 2.18 bits per heavy atom. The summed E-state index contributed by atoms with van der Waals surface area (Å²) in [6.07, 6.45) is 2.61. The largest absolute Gasteiger partial charge is 0.467 e. The maximum absolute atomic E-state index is 12.7. The standard InChI is InChI=1S/C17H17N3O6S2/c1-3-26-15(22)10-7-18-13-12(5-4-6-19(13)14(10)21)28-17(24)20-9-27-8-11(20)16(23)25-2/h4-7,11H,3,8-9H2,1-2H3. The van der Waals surface area contributed by atoms with Crippen LogP contribution >= 0.6 is 23.5 Å². The zero-order valence-corrected chi connectivity index (χ0v) is 16.7. The predicted molar refractivity (Wildman–Crippen MR) is 104 cm³/mol. The number of hydrogen-bond acceptors (Lipinski definition) is 9. The van der Waals surface area contributed by atoms with Crippen LogP contribution in [0, 0.1) is 0 Å². The number of carbonyl (C=O) groups is 3. The molecule has 11 heteroatoms. The lowest BCUT2D eigenvalue weighted by atomic mass is 10.3. The van der Waals surface area contributed by atoms with Crippen molar-refractivity contribution in [2.45, 2.75) is 17.9 Å². The molecule has 0 N–H and O–H groups in total. The molecule has 0 aliphatic carbocycles. The molecule has 1 aliphatic rings. The van der Waals surface area contributed by atoms with E-state index in [1.807, 2.05) is 0 Å². The van der Waals surface area contributed by atoms with Gasteiger partial charge in [0.1, 0.15) is 11.6 Å². The molecule has 9 nitrogen and oxygen atoms in total. The van der Waals surface area contributed by atoms with Crippen molar-refractivity contribution in [2.75, 3.05) is 25.3 Å². The molecule has 2 aromatic heterocycles. The normalized spacial score (nSPS) is 16.2. The molecular weight excluding hydrogens is 406 g/mol. The molecule has 28 heavy (non-hydrogen) atoms. The highest BCUT2D eigenvalue weighted by atomic mass is 32.2. The van der Waals surface area contributed by atoms with E-state index in [9.17, 15) is 19.2 Å². The van der Waals surface area contributed by atoms with Crippen LogP contribution in [0.2, 0.25) is 0 Å². The van der Waals surface area contributed by atoms with Gasteiger partial charge in [-0.1, -0.05) is 0 Å². The maximum Gasteiger partial charge on any atom is 0.345 e. The molecule has 2 aromatic rings. The summed E-state index contributed by atoms with van der Waals surface area (Å²) in [5.74, 6) is -0.380. The fourth-order valence-corrected chi connectivity index (χ4v) is 4.72. The Morgan fingerprint density at radius 3 is 2.89 bits per heavy atom. The molecule has 0 radical (unpaired) electrons. The summed E-state index contributed by atoms with van der Waals surface area (Å²) in [7, 11) is 1.28. The summed E-state index contributed by atoms with van der Waals surface area (Å²) < 4.78 is 10.8. The van der Waals surface area contributed by atoms with Crippen LogP contribution in [0.1, 0.15) is 17.3 Å². The summed E-state index contributed by atoms with van der Waals surface area (Å²) in [6.45, 7) is 1.78. The number of ether oxygens (including phenoxy) is 2. The minimum absolute atomic E-state index is 0.139. The first-order chi connectivity index (χ1) is 13.5. The van der Waals surface area contributed by atoms with E-state index in [2.05, 4.69) is 4.98 Å². The first-order valence-electron chi connectivity index (χ1n) is 8.29. The molecule has 3 heterocycles. The van der Waals surface area contributed by atoms with Gasteiger partial charge in [-0.25, -0.2) is 14.6 Å². The number of amides is 1. The van der Waals surface area contributed by atoms with E-state index in [0.29, 0.717) is 16.5 Å². The molecule has 0 spiro atoms. The van der Waals surface area contributed by atoms with Gasteiger partial charge in [-0.2, -0.15) is 0 Å². The summed E-state index contributed by atoms with van der Waals surface area (Å²) in [5, 5.41) is -0.350. The fourth-order valence-electron chi connectivity index (χ4n) is 2.62. The molecule has 1 saturated heterocycles. The zero-order chi connectivity index (χ0) is 20.3. The van der Waals surface area contributed by atoms with Gasteiger partial charge in [0.15, 0.2) is 5.65 Å². The molecule has 0 bridgehead atoms. The van der Waals surface area contributed by atoms with E-state index < -0.39 is 23.5 Å². The number of hydrogen-bond donors (Lipinski definition) is 0. The van der Waals surface area contributed by atoms with Crippen molar-refractivity contribution in [3.05, 3.63) is 40.4 Å². The van der Waals surface area contributed by atoms with Crippen LogP contribution in [0.3, 0.4) is 0 Å². The van der Waals surface area contributed by atoms with Gasteiger partial charge in [-0.3, -0.25) is 14.0 Å². The number of rotatable bonds is 4. The molecule has 1 fully saturated rings. The van der Waals surface area contributed by atoms with Gasteiger partial charge < -0.3 is 14.4 Å². The molecule has 1 amide bonds. The number of fused-ring (bicyclic) bond motifs is 1. The van der Waals surface area contributed by atoms with Gasteiger partial charge in [0, 0.05) is 18.1 Å². The van der Waals surface area contributed by atoms with E-state index in [1.54, 1.807) is 19.1 Å². The fraction of sp³-hybridized carbons (Fsp3) is 0.353. The van der Waals surface area contributed by atoms with Crippen LogP contribution in [0.25, 0.3) is 5.65 Å².